The van der Waals surface area contributed by atoms with Gasteiger partial charge >= 0.3 is 0 Å². The van der Waals surface area contributed by atoms with Gasteiger partial charge in [0.1, 0.15) is 11.7 Å². The molecule has 3 atom stereocenters. The van der Waals surface area contributed by atoms with Gasteiger partial charge in [0.15, 0.2) is 5.78 Å². The van der Waals surface area contributed by atoms with Gasteiger partial charge in [0, 0.05) is 23.9 Å². The summed E-state index contributed by atoms with van der Waals surface area (Å²) in [5, 5.41) is 11.9. The van der Waals surface area contributed by atoms with Gasteiger partial charge in [-0.2, -0.15) is 5.10 Å². The molecule has 190 valence electrons. The van der Waals surface area contributed by atoms with Gasteiger partial charge in [0.2, 0.25) is 11.8 Å². The summed E-state index contributed by atoms with van der Waals surface area (Å²) in [6.07, 6.45) is 7.02. The number of fused-ring (bicyclic) bond motifs is 1. The number of carbonyl (C=O) groups excluding carboxylic acids is 3. The minimum atomic E-state index is -0.514. The summed E-state index contributed by atoms with van der Waals surface area (Å²) in [6, 6.07) is 4.51. The van der Waals surface area contributed by atoms with E-state index in [1.54, 1.807) is 26.1 Å². The van der Waals surface area contributed by atoms with Crippen LogP contribution in [-0.4, -0.2) is 64.0 Å². The summed E-state index contributed by atoms with van der Waals surface area (Å²) in [6.45, 7) is 4.46. The van der Waals surface area contributed by atoms with Crippen molar-refractivity contribution in [2.24, 2.45) is 5.92 Å². The number of likely N-dealkylation sites (N-methyl/N-ethyl adjacent to an activating group) is 1. The fourth-order valence-electron chi connectivity index (χ4n) is 5.50. The highest BCUT2D eigenvalue weighted by Gasteiger charge is 2.39. The molecule has 2 fully saturated rings. The summed E-state index contributed by atoms with van der Waals surface area (Å²) in [7, 11) is 1.75. The van der Waals surface area contributed by atoms with E-state index in [-0.39, 0.29) is 35.6 Å². The number of nitrogens with zero attached hydrogens (tertiary/aromatic N) is 3. The number of amides is 2. The highest BCUT2D eigenvalue weighted by atomic mass is 35.5. The molecular formula is C26H36ClN5O3. The minimum absolute atomic E-state index is 0.00218. The molecule has 2 aromatic rings. The van der Waals surface area contributed by atoms with Gasteiger partial charge in [-0.1, -0.05) is 30.9 Å². The number of Topliss-reactive ketones (excluding diaryl/α,β-unsaturated/α-hetero) is 1. The van der Waals surface area contributed by atoms with E-state index in [9.17, 15) is 14.4 Å². The second-order valence-electron chi connectivity index (χ2n) is 9.97. The van der Waals surface area contributed by atoms with Crippen LogP contribution in [-0.2, 0) is 16.1 Å². The van der Waals surface area contributed by atoms with Crippen molar-refractivity contribution in [2.75, 3.05) is 13.6 Å². The van der Waals surface area contributed by atoms with Gasteiger partial charge in [-0.15, -0.1) is 0 Å². The molecule has 3 unspecified atom stereocenters. The third kappa shape index (κ3) is 5.54. The Morgan fingerprint density at radius 3 is 2.57 bits per heavy atom. The molecule has 8 nitrogen and oxygen atoms in total. The van der Waals surface area contributed by atoms with Crippen molar-refractivity contribution in [2.45, 2.75) is 83.5 Å². The van der Waals surface area contributed by atoms with E-state index >= 15 is 0 Å². The normalized spacial score (nSPS) is 20.7. The lowest BCUT2D eigenvalue weighted by atomic mass is 9.83. The monoisotopic (exact) mass is 501 g/mol. The van der Waals surface area contributed by atoms with E-state index in [0.29, 0.717) is 23.8 Å². The Morgan fingerprint density at radius 2 is 1.89 bits per heavy atom. The van der Waals surface area contributed by atoms with Crippen molar-refractivity contribution >= 4 is 40.1 Å². The average molecular weight is 502 g/mol. The van der Waals surface area contributed by atoms with Gasteiger partial charge in [-0.3, -0.25) is 19.1 Å². The Balaban J connectivity index is 1.58. The van der Waals surface area contributed by atoms with Crippen molar-refractivity contribution < 1.29 is 14.4 Å². The third-order valence-electron chi connectivity index (χ3n) is 7.60. The van der Waals surface area contributed by atoms with Crippen LogP contribution in [0.3, 0.4) is 0 Å². The molecule has 0 bridgehead atoms. The molecule has 1 saturated carbocycles. The minimum Gasteiger partial charge on any atom is -0.343 e. The molecule has 1 aliphatic carbocycles. The number of rotatable bonds is 8. The van der Waals surface area contributed by atoms with Crippen molar-refractivity contribution in [3.63, 3.8) is 0 Å². The smallest absolute Gasteiger partial charge is 0.245 e. The highest BCUT2D eigenvalue weighted by molar-refractivity contribution is 6.31. The number of nitrogens with one attached hydrogen (secondary N) is 2. The molecule has 35 heavy (non-hydrogen) atoms. The molecule has 1 aliphatic heterocycles. The topological polar surface area (TPSA) is 96.3 Å². The summed E-state index contributed by atoms with van der Waals surface area (Å²) >= 11 is 6.18. The number of likely N-dealkylation sites (tertiary alicyclic amines) is 1. The number of halogens is 1. The molecule has 0 radical (unpaired) electrons. The van der Waals surface area contributed by atoms with Crippen LogP contribution < -0.4 is 10.6 Å². The number of carbonyl (C=O) groups is 3. The molecule has 9 heteroatoms. The molecule has 2 aliphatic rings. The molecular weight excluding hydrogens is 466 g/mol. The lowest BCUT2D eigenvalue weighted by molar-refractivity contribution is -0.139. The first kappa shape index (κ1) is 25.6. The Hall–Kier alpha value is -2.45. The molecule has 0 spiro atoms. The molecule has 4 rings (SSSR count). The van der Waals surface area contributed by atoms with E-state index in [0.717, 1.165) is 49.4 Å². The van der Waals surface area contributed by atoms with Gasteiger partial charge in [-0.25, -0.2) is 0 Å². The van der Waals surface area contributed by atoms with Crippen molar-refractivity contribution in [3.05, 3.63) is 28.9 Å². The lowest BCUT2D eigenvalue weighted by Crippen LogP contribution is -2.56. The number of aromatic nitrogens is 2. The zero-order valence-corrected chi connectivity index (χ0v) is 21.6. The standard InChI is InChI=1S/C26H36ClN5O3/c1-16(28-3)25(34)29-24(18-8-5-4-6-9-18)26(35)31-13-7-10-20(31)15-32-22-12-11-19(27)14-21(22)23(30-32)17(2)33/h11-12,14,16,18,20,24,28H,4-10,13,15H2,1-3H3,(H,29,34). The zero-order valence-electron chi connectivity index (χ0n) is 20.8. The SMILES string of the molecule is CNC(C)C(=O)NC(C(=O)N1CCCC1Cn1nc(C(C)=O)c2cc(Cl)ccc21)C1CCCCC1. The van der Waals surface area contributed by atoms with E-state index < -0.39 is 6.04 Å². The Labute approximate surface area is 211 Å². The third-order valence-corrected chi connectivity index (χ3v) is 7.84. The van der Waals surface area contributed by atoms with Crippen molar-refractivity contribution in [1.29, 1.82) is 0 Å². The second-order valence-corrected chi connectivity index (χ2v) is 10.4. The molecule has 2 heterocycles. The molecule has 1 aromatic heterocycles. The highest BCUT2D eigenvalue weighted by Crippen LogP contribution is 2.30. The van der Waals surface area contributed by atoms with Crippen LogP contribution in [0.25, 0.3) is 10.9 Å². The number of ketones is 1. The fraction of sp³-hybridized carbons (Fsp3) is 0.615. The maximum absolute atomic E-state index is 13.9. The second kappa shape index (κ2) is 11.1. The quantitative estimate of drug-likeness (QED) is 0.539. The fourth-order valence-corrected chi connectivity index (χ4v) is 5.67. The molecule has 1 aromatic carbocycles. The average Bonchev–Trinajstić information content (AvgIpc) is 3.46. The molecule has 1 saturated heterocycles. The van der Waals surface area contributed by atoms with Crippen LogP contribution in [0.1, 0.15) is 69.3 Å². The van der Waals surface area contributed by atoms with Crippen molar-refractivity contribution in [1.82, 2.24) is 25.3 Å². The lowest BCUT2D eigenvalue weighted by Gasteiger charge is -2.35. The van der Waals surface area contributed by atoms with E-state index in [2.05, 4.69) is 15.7 Å². The van der Waals surface area contributed by atoms with E-state index in [1.165, 1.54) is 13.3 Å². The maximum atomic E-state index is 13.9. The first-order chi connectivity index (χ1) is 16.8. The van der Waals surface area contributed by atoms with Crippen LogP contribution in [0.5, 0.6) is 0 Å². The van der Waals surface area contributed by atoms with Gasteiger partial charge in [-0.05, 0) is 63.8 Å². The van der Waals surface area contributed by atoms with Gasteiger partial charge in [0.05, 0.1) is 24.1 Å². The Kier molecular flexibility index (Phi) is 8.12. The summed E-state index contributed by atoms with van der Waals surface area (Å²) in [5.74, 6) is -0.104. The van der Waals surface area contributed by atoms with Crippen LogP contribution in [0.4, 0.5) is 0 Å². The van der Waals surface area contributed by atoms with Crippen LogP contribution in [0.15, 0.2) is 18.2 Å². The first-order valence-electron chi connectivity index (χ1n) is 12.7. The summed E-state index contributed by atoms with van der Waals surface area (Å²) in [5.41, 5.74) is 1.23. The maximum Gasteiger partial charge on any atom is 0.245 e. The predicted octanol–water partition coefficient (Wildman–Crippen LogP) is 3.56. The number of benzene rings is 1. The van der Waals surface area contributed by atoms with E-state index in [1.807, 2.05) is 15.6 Å². The van der Waals surface area contributed by atoms with Gasteiger partial charge < -0.3 is 15.5 Å². The van der Waals surface area contributed by atoms with Crippen LogP contribution >= 0.6 is 11.6 Å². The largest absolute Gasteiger partial charge is 0.343 e. The number of hydrogen-bond acceptors (Lipinski definition) is 5. The molecule has 2 amide bonds. The van der Waals surface area contributed by atoms with Crippen molar-refractivity contribution in [3.8, 4) is 0 Å². The first-order valence-corrected chi connectivity index (χ1v) is 13.1. The number of hydrogen-bond donors (Lipinski definition) is 2. The Morgan fingerprint density at radius 1 is 1.14 bits per heavy atom. The van der Waals surface area contributed by atoms with Gasteiger partial charge in [0.25, 0.3) is 0 Å². The van der Waals surface area contributed by atoms with Crippen LogP contribution in [0, 0.1) is 5.92 Å². The predicted molar refractivity (Wildman–Crippen MR) is 137 cm³/mol. The van der Waals surface area contributed by atoms with Crippen LogP contribution in [0.2, 0.25) is 5.02 Å². The molecule has 2 N–H and O–H groups in total. The Bertz CT molecular complexity index is 1090. The summed E-state index contributed by atoms with van der Waals surface area (Å²) in [4.78, 5) is 40.8. The van der Waals surface area contributed by atoms with E-state index in [4.69, 9.17) is 11.6 Å². The zero-order chi connectivity index (χ0) is 25.1. The summed E-state index contributed by atoms with van der Waals surface area (Å²) < 4.78 is 1.83.